The van der Waals surface area contributed by atoms with Crippen LogP contribution in [-0.4, -0.2) is 34.4 Å². The minimum atomic E-state index is -0.437. The SMILES string of the molecule is CCCOC(=O)C1=CN(C(=O)c2ccc(Cl)cc2)C(C)Cc2c1[nH]c1ccccc21. The predicted octanol–water partition coefficient (Wildman–Crippen LogP) is 5.20. The van der Waals surface area contributed by atoms with Gasteiger partial charge in [0.05, 0.1) is 17.9 Å². The second kappa shape index (κ2) is 8.36. The van der Waals surface area contributed by atoms with Crippen LogP contribution in [0.5, 0.6) is 0 Å². The summed E-state index contributed by atoms with van der Waals surface area (Å²) >= 11 is 5.97. The van der Waals surface area contributed by atoms with Crippen molar-refractivity contribution in [3.05, 3.63) is 76.6 Å². The van der Waals surface area contributed by atoms with Gasteiger partial charge >= 0.3 is 5.97 Å². The Hall–Kier alpha value is -3.05. The molecule has 4 rings (SSSR count). The van der Waals surface area contributed by atoms with Gasteiger partial charge in [0.2, 0.25) is 0 Å². The van der Waals surface area contributed by atoms with E-state index in [1.54, 1.807) is 35.4 Å². The van der Waals surface area contributed by atoms with Crippen LogP contribution in [0.3, 0.4) is 0 Å². The third-order valence-electron chi connectivity index (χ3n) is 5.31. The molecule has 1 aliphatic heterocycles. The number of fused-ring (bicyclic) bond motifs is 3. The maximum Gasteiger partial charge on any atom is 0.341 e. The monoisotopic (exact) mass is 422 g/mol. The molecule has 30 heavy (non-hydrogen) atoms. The number of para-hydroxylation sites is 1. The van der Waals surface area contributed by atoms with Gasteiger partial charge in [-0.05, 0) is 55.7 Å². The molecule has 154 valence electrons. The van der Waals surface area contributed by atoms with Gasteiger partial charge in [0.25, 0.3) is 5.91 Å². The number of ether oxygens (including phenoxy) is 1. The molecule has 1 aliphatic rings. The van der Waals surface area contributed by atoms with Crippen LogP contribution in [0.4, 0.5) is 0 Å². The van der Waals surface area contributed by atoms with Crippen LogP contribution in [0.2, 0.25) is 5.02 Å². The van der Waals surface area contributed by atoms with Crippen LogP contribution in [0.15, 0.2) is 54.7 Å². The lowest BCUT2D eigenvalue weighted by Crippen LogP contribution is -2.35. The molecule has 0 bridgehead atoms. The molecule has 1 aromatic heterocycles. The van der Waals surface area contributed by atoms with Crippen molar-refractivity contribution in [2.45, 2.75) is 32.7 Å². The number of benzene rings is 2. The van der Waals surface area contributed by atoms with E-state index >= 15 is 0 Å². The molecular formula is C24H23ClN2O3. The summed E-state index contributed by atoms with van der Waals surface area (Å²) in [6, 6.07) is 14.6. The number of hydrogen-bond donors (Lipinski definition) is 1. The van der Waals surface area contributed by atoms with E-state index in [0.717, 1.165) is 28.6 Å². The smallest absolute Gasteiger partial charge is 0.341 e. The summed E-state index contributed by atoms with van der Waals surface area (Å²) in [6.07, 6.45) is 2.96. The van der Waals surface area contributed by atoms with Crippen molar-refractivity contribution in [2.75, 3.05) is 6.61 Å². The maximum atomic E-state index is 13.3. The van der Waals surface area contributed by atoms with Gasteiger partial charge in [-0.2, -0.15) is 0 Å². The number of amides is 1. The van der Waals surface area contributed by atoms with Crippen molar-refractivity contribution in [2.24, 2.45) is 0 Å². The maximum absolute atomic E-state index is 13.3. The quantitative estimate of drug-likeness (QED) is 0.587. The summed E-state index contributed by atoms with van der Waals surface area (Å²) in [5.74, 6) is -0.623. The number of nitrogens with zero attached hydrogens (tertiary/aromatic N) is 1. The van der Waals surface area contributed by atoms with E-state index in [1.807, 2.05) is 38.1 Å². The van der Waals surface area contributed by atoms with E-state index in [1.165, 1.54) is 0 Å². The van der Waals surface area contributed by atoms with Crippen LogP contribution in [0, 0.1) is 0 Å². The molecule has 2 aromatic carbocycles. The third kappa shape index (κ3) is 3.73. The van der Waals surface area contributed by atoms with E-state index in [4.69, 9.17) is 16.3 Å². The summed E-state index contributed by atoms with van der Waals surface area (Å²) in [5.41, 5.74) is 3.57. The first-order valence-electron chi connectivity index (χ1n) is 10.1. The van der Waals surface area contributed by atoms with Crippen LogP contribution >= 0.6 is 11.6 Å². The second-order valence-electron chi connectivity index (χ2n) is 7.48. The number of aromatic amines is 1. The number of aromatic nitrogens is 1. The van der Waals surface area contributed by atoms with E-state index in [2.05, 4.69) is 4.98 Å². The second-order valence-corrected chi connectivity index (χ2v) is 7.91. The molecule has 0 saturated carbocycles. The molecule has 6 heteroatoms. The molecule has 5 nitrogen and oxygen atoms in total. The minimum Gasteiger partial charge on any atom is -0.462 e. The molecule has 0 saturated heterocycles. The van der Waals surface area contributed by atoms with Gasteiger partial charge in [0.15, 0.2) is 0 Å². The highest BCUT2D eigenvalue weighted by molar-refractivity contribution is 6.30. The van der Waals surface area contributed by atoms with Gasteiger partial charge in [-0.1, -0.05) is 36.7 Å². The molecule has 0 radical (unpaired) electrons. The Labute approximate surface area is 180 Å². The van der Waals surface area contributed by atoms with Crippen LogP contribution in [0.25, 0.3) is 16.5 Å². The first-order valence-corrected chi connectivity index (χ1v) is 10.4. The van der Waals surface area contributed by atoms with E-state index in [0.29, 0.717) is 29.2 Å². The molecule has 0 aliphatic carbocycles. The number of carbonyl (C=O) groups excluding carboxylic acids is 2. The van der Waals surface area contributed by atoms with E-state index in [9.17, 15) is 9.59 Å². The first-order chi connectivity index (χ1) is 14.5. The average molecular weight is 423 g/mol. The van der Waals surface area contributed by atoms with E-state index in [-0.39, 0.29) is 11.9 Å². The fourth-order valence-electron chi connectivity index (χ4n) is 3.79. The first kappa shape index (κ1) is 20.2. The van der Waals surface area contributed by atoms with Gasteiger partial charge in [0.1, 0.15) is 0 Å². The highest BCUT2D eigenvalue weighted by Crippen LogP contribution is 2.33. The van der Waals surface area contributed by atoms with Crippen molar-refractivity contribution in [3.8, 4) is 0 Å². The zero-order valence-electron chi connectivity index (χ0n) is 16.9. The van der Waals surface area contributed by atoms with Crippen LogP contribution in [-0.2, 0) is 16.0 Å². The highest BCUT2D eigenvalue weighted by Gasteiger charge is 2.31. The fourth-order valence-corrected chi connectivity index (χ4v) is 3.92. The molecule has 2 heterocycles. The standard InChI is InChI=1S/C24H23ClN2O3/c1-3-12-30-24(29)20-14-27(23(28)16-8-10-17(25)11-9-16)15(2)13-19-18-6-4-5-7-21(18)26-22(19)20/h4-11,14-15,26H,3,12-13H2,1-2H3. The summed E-state index contributed by atoms with van der Waals surface area (Å²) in [4.78, 5) is 31.2. The lowest BCUT2D eigenvalue weighted by Gasteiger charge is -2.25. The number of halogens is 1. The van der Waals surface area contributed by atoms with Crippen LogP contribution < -0.4 is 0 Å². The number of rotatable bonds is 4. The lowest BCUT2D eigenvalue weighted by atomic mass is 10.0. The zero-order chi connectivity index (χ0) is 21.3. The molecule has 3 aromatic rings. The van der Waals surface area contributed by atoms with Gasteiger partial charge in [-0.3, -0.25) is 4.79 Å². The number of hydrogen-bond acceptors (Lipinski definition) is 3. The Bertz CT molecular complexity index is 1130. The van der Waals surface area contributed by atoms with E-state index < -0.39 is 5.97 Å². The lowest BCUT2D eigenvalue weighted by molar-refractivity contribution is -0.136. The number of H-pyrrole nitrogens is 1. The zero-order valence-corrected chi connectivity index (χ0v) is 17.7. The third-order valence-corrected chi connectivity index (χ3v) is 5.56. The molecule has 0 spiro atoms. The van der Waals surface area contributed by atoms with Crippen molar-refractivity contribution >= 4 is 40.0 Å². The molecular weight excluding hydrogens is 400 g/mol. The molecule has 1 unspecified atom stereocenters. The normalized spacial score (nSPS) is 16.0. The Balaban J connectivity index is 1.82. The molecule has 1 atom stereocenters. The minimum absolute atomic E-state index is 0.150. The van der Waals surface area contributed by atoms with Gasteiger partial charge in [-0.15, -0.1) is 0 Å². The molecule has 0 fully saturated rings. The predicted molar refractivity (Wildman–Crippen MR) is 118 cm³/mol. The summed E-state index contributed by atoms with van der Waals surface area (Å²) in [6.45, 7) is 4.25. The van der Waals surface area contributed by atoms with Gasteiger partial charge in [0, 0.05) is 33.7 Å². The van der Waals surface area contributed by atoms with Crippen molar-refractivity contribution < 1.29 is 14.3 Å². The molecule has 1 amide bonds. The van der Waals surface area contributed by atoms with Crippen molar-refractivity contribution in [3.63, 3.8) is 0 Å². The van der Waals surface area contributed by atoms with Crippen LogP contribution in [0.1, 0.15) is 41.9 Å². The molecule has 1 N–H and O–H groups in total. The number of carbonyl (C=O) groups is 2. The highest BCUT2D eigenvalue weighted by atomic mass is 35.5. The van der Waals surface area contributed by atoms with Gasteiger partial charge < -0.3 is 14.6 Å². The summed E-state index contributed by atoms with van der Waals surface area (Å²) < 4.78 is 5.44. The number of esters is 1. The Kier molecular flexibility index (Phi) is 5.64. The topological polar surface area (TPSA) is 62.4 Å². The van der Waals surface area contributed by atoms with Gasteiger partial charge in [-0.25, -0.2) is 4.79 Å². The largest absolute Gasteiger partial charge is 0.462 e. The Morgan fingerprint density at radius 1 is 1.17 bits per heavy atom. The Morgan fingerprint density at radius 3 is 2.63 bits per heavy atom. The summed E-state index contributed by atoms with van der Waals surface area (Å²) in [7, 11) is 0. The average Bonchev–Trinajstić information content (AvgIpc) is 3.03. The Morgan fingerprint density at radius 2 is 1.90 bits per heavy atom. The van der Waals surface area contributed by atoms with Crippen molar-refractivity contribution in [1.29, 1.82) is 0 Å². The number of nitrogens with one attached hydrogen (secondary N) is 1. The fraction of sp³-hybridized carbons (Fsp3) is 0.250. The summed E-state index contributed by atoms with van der Waals surface area (Å²) in [5, 5.41) is 1.62. The van der Waals surface area contributed by atoms with Crippen molar-refractivity contribution in [1.82, 2.24) is 9.88 Å².